The van der Waals surface area contributed by atoms with Crippen molar-refractivity contribution in [1.29, 1.82) is 0 Å². The number of nitrogens with zero attached hydrogens (tertiary/aromatic N) is 2. The molecule has 1 aromatic carbocycles. The lowest BCUT2D eigenvalue weighted by Crippen LogP contribution is -2.41. The Balaban J connectivity index is 2.11. The molecule has 0 radical (unpaired) electrons. The summed E-state index contributed by atoms with van der Waals surface area (Å²) in [6.45, 7) is 2.69. The van der Waals surface area contributed by atoms with E-state index >= 15 is 0 Å². The molecule has 110 valence electrons. The van der Waals surface area contributed by atoms with Gasteiger partial charge >= 0.3 is 0 Å². The minimum absolute atomic E-state index is 0.0514. The number of benzene rings is 1. The molecule has 1 aliphatic heterocycles. The first-order chi connectivity index (χ1) is 9.45. The predicted molar refractivity (Wildman–Crippen MR) is 76.1 cm³/mol. The molecule has 7 heteroatoms. The van der Waals surface area contributed by atoms with Crippen molar-refractivity contribution in [2.75, 3.05) is 13.1 Å². The minimum atomic E-state index is -3.44. The first-order valence-electron chi connectivity index (χ1n) is 6.49. The molecule has 3 N–H and O–H groups in total. The number of sulfonamides is 1. The molecule has 1 saturated heterocycles. The zero-order valence-corrected chi connectivity index (χ0v) is 12.2. The fourth-order valence-electron chi connectivity index (χ4n) is 2.33. The Bertz CT molecular complexity index is 588. The van der Waals surface area contributed by atoms with Crippen molar-refractivity contribution in [2.45, 2.75) is 24.7 Å². The molecule has 0 saturated carbocycles. The van der Waals surface area contributed by atoms with Gasteiger partial charge in [-0.25, -0.2) is 8.42 Å². The number of piperidine rings is 1. The third-order valence-corrected chi connectivity index (χ3v) is 5.56. The smallest absolute Gasteiger partial charge is 0.243 e. The number of aryl methyl sites for hydroxylation is 1. The van der Waals surface area contributed by atoms with E-state index in [4.69, 9.17) is 10.9 Å². The fourth-order valence-corrected chi connectivity index (χ4v) is 3.80. The molecule has 0 aliphatic carbocycles. The Labute approximate surface area is 118 Å². The Morgan fingerprint density at radius 3 is 2.35 bits per heavy atom. The van der Waals surface area contributed by atoms with E-state index in [-0.39, 0.29) is 11.8 Å². The van der Waals surface area contributed by atoms with Crippen LogP contribution in [0.5, 0.6) is 0 Å². The molecule has 1 aliphatic rings. The first-order valence-corrected chi connectivity index (χ1v) is 7.93. The van der Waals surface area contributed by atoms with Gasteiger partial charge in [0.25, 0.3) is 0 Å². The second-order valence-corrected chi connectivity index (χ2v) is 6.95. The van der Waals surface area contributed by atoms with Gasteiger partial charge in [-0.1, -0.05) is 22.9 Å². The van der Waals surface area contributed by atoms with Crippen LogP contribution in [0.2, 0.25) is 0 Å². The summed E-state index contributed by atoms with van der Waals surface area (Å²) < 4.78 is 26.4. The topological polar surface area (TPSA) is 96.0 Å². The summed E-state index contributed by atoms with van der Waals surface area (Å²) >= 11 is 0. The maximum absolute atomic E-state index is 12.5. The summed E-state index contributed by atoms with van der Waals surface area (Å²) in [5.41, 5.74) is 6.58. The van der Waals surface area contributed by atoms with Crippen LogP contribution in [0.1, 0.15) is 18.4 Å². The third-order valence-electron chi connectivity index (χ3n) is 3.65. The number of rotatable bonds is 3. The van der Waals surface area contributed by atoms with Crippen molar-refractivity contribution < 1.29 is 13.6 Å². The van der Waals surface area contributed by atoms with Gasteiger partial charge in [0.15, 0.2) is 0 Å². The Morgan fingerprint density at radius 1 is 1.30 bits per heavy atom. The van der Waals surface area contributed by atoms with Gasteiger partial charge in [-0.15, -0.1) is 0 Å². The molecule has 1 fully saturated rings. The molecule has 0 bridgehead atoms. The van der Waals surface area contributed by atoms with E-state index in [1.807, 2.05) is 6.92 Å². The lowest BCUT2D eigenvalue weighted by atomic mass is 9.97. The van der Waals surface area contributed by atoms with Crippen LogP contribution in [0.15, 0.2) is 34.3 Å². The second kappa shape index (κ2) is 5.80. The monoisotopic (exact) mass is 297 g/mol. The van der Waals surface area contributed by atoms with Gasteiger partial charge in [-0.3, -0.25) is 0 Å². The van der Waals surface area contributed by atoms with Crippen LogP contribution in [0.25, 0.3) is 0 Å². The van der Waals surface area contributed by atoms with Crippen molar-refractivity contribution in [3.05, 3.63) is 29.8 Å². The Hall–Kier alpha value is -1.60. The summed E-state index contributed by atoms with van der Waals surface area (Å²) in [6, 6.07) is 6.83. The van der Waals surface area contributed by atoms with Crippen LogP contribution in [0.3, 0.4) is 0 Å². The summed E-state index contributed by atoms with van der Waals surface area (Å²) in [5, 5.41) is 11.6. The van der Waals surface area contributed by atoms with E-state index in [1.165, 1.54) is 4.31 Å². The van der Waals surface area contributed by atoms with E-state index < -0.39 is 10.0 Å². The summed E-state index contributed by atoms with van der Waals surface area (Å²) in [6.07, 6.45) is 1.14. The molecule has 0 unspecified atom stereocenters. The standard InChI is InChI=1S/C13H19N3O3S/c1-10-2-4-12(5-3-10)20(18,19)16-8-6-11(7-9-16)13(14)15-17/h2-5,11,17H,6-9H2,1H3,(H2,14,15). The van der Waals surface area contributed by atoms with E-state index in [2.05, 4.69) is 5.16 Å². The van der Waals surface area contributed by atoms with E-state index in [9.17, 15) is 8.42 Å². The highest BCUT2D eigenvalue weighted by molar-refractivity contribution is 7.89. The highest BCUT2D eigenvalue weighted by Crippen LogP contribution is 2.24. The minimum Gasteiger partial charge on any atom is -0.409 e. The number of amidine groups is 1. The summed E-state index contributed by atoms with van der Waals surface area (Å²) in [4.78, 5) is 0.311. The molecule has 0 spiro atoms. The molecule has 1 heterocycles. The zero-order chi connectivity index (χ0) is 14.8. The van der Waals surface area contributed by atoms with Crippen molar-refractivity contribution in [1.82, 2.24) is 4.31 Å². The van der Waals surface area contributed by atoms with Crippen molar-refractivity contribution in [2.24, 2.45) is 16.8 Å². The largest absolute Gasteiger partial charge is 0.409 e. The molecule has 0 aromatic heterocycles. The highest BCUT2D eigenvalue weighted by Gasteiger charge is 2.30. The van der Waals surface area contributed by atoms with E-state index in [0.29, 0.717) is 30.8 Å². The molecule has 20 heavy (non-hydrogen) atoms. The van der Waals surface area contributed by atoms with Crippen molar-refractivity contribution in [3.8, 4) is 0 Å². The van der Waals surface area contributed by atoms with Crippen molar-refractivity contribution in [3.63, 3.8) is 0 Å². The van der Waals surface area contributed by atoms with Crippen LogP contribution in [0.4, 0.5) is 0 Å². The number of nitrogens with two attached hydrogens (primary N) is 1. The van der Waals surface area contributed by atoms with Gasteiger partial charge in [-0.2, -0.15) is 4.31 Å². The van der Waals surface area contributed by atoms with Gasteiger partial charge in [0.1, 0.15) is 5.84 Å². The van der Waals surface area contributed by atoms with Gasteiger partial charge in [-0.05, 0) is 31.9 Å². The molecule has 0 amide bonds. The zero-order valence-electron chi connectivity index (χ0n) is 11.4. The van der Waals surface area contributed by atoms with Crippen molar-refractivity contribution >= 4 is 15.9 Å². The molecule has 1 aromatic rings. The maximum atomic E-state index is 12.5. The molecular formula is C13H19N3O3S. The summed E-state index contributed by atoms with van der Waals surface area (Å²) in [5.74, 6) is 0.127. The van der Waals surface area contributed by atoms with Gasteiger partial charge in [0, 0.05) is 19.0 Å². The second-order valence-electron chi connectivity index (χ2n) is 5.02. The number of oxime groups is 1. The molecular weight excluding hydrogens is 278 g/mol. The van der Waals surface area contributed by atoms with Crippen LogP contribution in [-0.2, 0) is 10.0 Å². The quantitative estimate of drug-likeness (QED) is 0.378. The lowest BCUT2D eigenvalue weighted by molar-refractivity contribution is 0.291. The first kappa shape index (κ1) is 14.8. The van der Waals surface area contributed by atoms with Crippen LogP contribution in [-0.4, -0.2) is 36.9 Å². The van der Waals surface area contributed by atoms with E-state index in [0.717, 1.165) is 5.56 Å². The molecule has 2 rings (SSSR count). The van der Waals surface area contributed by atoms with E-state index in [1.54, 1.807) is 24.3 Å². The average molecular weight is 297 g/mol. The normalized spacial score (nSPS) is 19.1. The molecule has 0 atom stereocenters. The average Bonchev–Trinajstić information content (AvgIpc) is 2.47. The van der Waals surface area contributed by atoms with Gasteiger partial charge in [0.05, 0.1) is 4.90 Å². The number of hydrogen-bond donors (Lipinski definition) is 2. The summed E-state index contributed by atoms with van der Waals surface area (Å²) in [7, 11) is -3.44. The highest BCUT2D eigenvalue weighted by atomic mass is 32.2. The fraction of sp³-hybridized carbons (Fsp3) is 0.462. The molecule has 6 nitrogen and oxygen atoms in total. The maximum Gasteiger partial charge on any atom is 0.243 e. The predicted octanol–water partition coefficient (Wildman–Crippen LogP) is 1.14. The van der Waals surface area contributed by atoms with Crippen LogP contribution in [0, 0.1) is 12.8 Å². The lowest BCUT2D eigenvalue weighted by Gasteiger charge is -2.30. The van der Waals surface area contributed by atoms with Crippen LogP contribution < -0.4 is 5.73 Å². The van der Waals surface area contributed by atoms with Gasteiger partial charge in [0.2, 0.25) is 10.0 Å². The van der Waals surface area contributed by atoms with Crippen LogP contribution >= 0.6 is 0 Å². The van der Waals surface area contributed by atoms with Gasteiger partial charge < -0.3 is 10.9 Å². The Morgan fingerprint density at radius 2 is 1.85 bits per heavy atom. The SMILES string of the molecule is Cc1ccc(S(=O)(=O)N2CCC(C(N)=NO)CC2)cc1. The third kappa shape index (κ3) is 2.94. The number of hydrogen-bond acceptors (Lipinski definition) is 4. The Kier molecular flexibility index (Phi) is 4.29.